The largest absolute Gasteiger partial charge is 0.433 e. The van der Waals surface area contributed by atoms with Crippen LogP contribution in [0.3, 0.4) is 0 Å². The van der Waals surface area contributed by atoms with Crippen molar-refractivity contribution in [2.24, 2.45) is 0 Å². The van der Waals surface area contributed by atoms with Crippen LogP contribution < -0.4 is 15.4 Å². The van der Waals surface area contributed by atoms with E-state index in [0.29, 0.717) is 0 Å². The van der Waals surface area contributed by atoms with Crippen LogP contribution in [0.2, 0.25) is 0 Å². The molecule has 0 saturated carbocycles. The first-order valence-corrected chi connectivity index (χ1v) is 5.53. The summed E-state index contributed by atoms with van der Waals surface area (Å²) in [5.41, 5.74) is 0.120. The summed E-state index contributed by atoms with van der Waals surface area (Å²) in [5.74, 6) is 0.106. The maximum Gasteiger partial charge on any atom is 0.387 e. The lowest BCUT2D eigenvalue weighted by atomic mass is 10.3. The number of benzene rings is 1. The lowest BCUT2D eigenvalue weighted by Crippen LogP contribution is -2.20. The number of aromatic nitrogens is 2. The number of halogens is 2. The van der Waals surface area contributed by atoms with E-state index in [4.69, 9.17) is 0 Å². The van der Waals surface area contributed by atoms with Crippen LogP contribution in [0.5, 0.6) is 5.75 Å². The van der Waals surface area contributed by atoms with Crippen molar-refractivity contribution in [1.82, 2.24) is 9.97 Å². The number of alkyl halides is 2. The smallest absolute Gasteiger partial charge is 0.387 e. The van der Waals surface area contributed by atoms with Gasteiger partial charge in [0.2, 0.25) is 0 Å². The average molecular weight is 280 g/mol. The van der Waals surface area contributed by atoms with E-state index in [1.165, 1.54) is 36.8 Å². The molecule has 0 spiro atoms. The highest BCUT2D eigenvalue weighted by Gasteiger charge is 2.11. The van der Waals surface area contributed by atoms with Gasteiger partial charge >= 0.3 is 12.6 Å². The molecule has 1 aromatic carbocycles. The molecule has 2 aromatic rings. The standard InChI is InChI=1S/C12H10F2N4O2/c13-11(14)20-9-4-2-1-3-8(9)17-12(19)18-10-7-15-5-6-16-10/h1-7,11H,(H2,16,17,18,19). The minimum absolute atomic E-state index is 0.120. The zero-order chi connectivity index (χ0) is 14.4. The molecule has 0 saturated heterocycles. The van der Waals surface area contributed by atoms with E-state index in [9.17, 15) is 13.6 Å². The summed E-state index contributed by atoms with van der Waals surface area (Å²) in [4.78, 5) is 19.3. The van der Waals surface area contributed by atoms with Crippen LogP contribution in [-0.4, -0.2) is 22.6 Å². The van der Waals surface area contributed by atoms with Crippen molar-refractivity contribution in [2.75, 3.05) is 10.6 Å². The van der Waals surface area contributed by atoms with Crippen LogP contribution in [-0.2, 0) is 0 Å². The molecule has 0 aliphatic heterocycles. The number of nitrogens with zero attached hydrogens (tertiary/aromatic N) is 2. The van der Waals surface area contributed by atoms with E-state index in [1.807, 2.05) is 0 Å². The van der Waals surface area contributed by atoms with Crippen molar-refractivity contribution in [1.29, 1.82) is 0 Å². The van der Waals surface area contributed by atoms with Gasteiger partial charge < -0.3 is 10.1 Å². The maximum atomic E-state index is 12.2. The molecule has 0 radical (unpaired) electrons. The fourth-order valence-electron chi connectivity index (χ4n) is 1.40. The average Bonchev–Trinajstić information content (AvgIpc) is 2.41. The summed E-state index contributed by atoms with van der Waals surface area (Å²) in [6, 6.07) is 5.22. The van der Waals surface area contributed by atoms with Crippen LogP contribution >= 0.6 is 0 Å². The first-order valence-electron chi connectivity index (χ1n) is 5.53. The van der Waals surface area contributed by atoms with E-state index in [-0.39, 0.29) is 17.3 Å². The Morgan fingerprint density at radius 2 is 2.00 bits per heavy atom. The number of nitrogens with one attached hydrogen (secondary N) is 2. The van der Waals surface area contributed by atoms with Crippen LogP contribution in [0.4, 0.5) is 25.1 Å². The molecule has 6 nitrogen and oxygen atoms in total. The second kappa shape index (κ2) is 6.41. The Hall–Kier alpha value is -2.77. The fraction of sp³-hybridized carbons (Fsp3) is 0.0833. The quantitative estimate of drug-likeness (QED) is 0.902. The van der Waals surface area contributed by atoms with Gasteiger partial charge in [-0.2, -0.15) is 8.78 Å². The molecule has 0 fully saturated rings. The van der Waals surface area contributed by atoms with E-state index in [1.54, 1.807) is 6.07 Å². The molecule has 2 N–H and O–H groups in total. The highest BCUT2D eigenvalue weighted by molar-refractivity contribution is 5.99. The Labute approximate surface area is 112 Å². The van der Waals surface area contributed by atoms with Gasteiger partial charge in [0.15, 0.2) is 5.82 Å². The van der Waals surface area contributed by atoms with Crippen molar-refractivity contribution in [3.63, 3.8) is 0 Å². The van der Waals surface area contributed by atoms with E-state index < -0.39 is 12.6 Å². The Morgan fingerprint density at radius 3 is 2.70 bits per heavy atom. The van der Waals surface area contributed by atoms with E-state index in [2.05, 4.69) is 25.3 Å². The summed E-state index contributed by atoms with van der Waals surface area (Å²) in [7, 11) is 0. The zero-order valence-electron chi connectivity index (χ0n) is 10.1. The van der Waals surface area contributed by atoms with Gasteiger partial charge in [-0.3, -0.25) is 10.3 Å². The number of carbonyl (C=O) groups excluding carboxylic acids is 1. The van der Waals surface area contributed by atoms with Crippen LogP contribution in [0.1, 0.15) is 0 Å². The molecule has 104 valence electrons. The van der Waals surface area contributed by atoms with Crippen molar-refractivity contribution in [2.45, 2.75) is 6.61 Å². The molecule has 20 heavy (non-hydrogen) atoms. The predicted octanol–water partition coefficient (Wildman–Crippen LogP) is 2.72. The maximum absolute atomic E-state index is 12.2. The molecule has 0 unspecified atom stereocenters. The van der Waals surface area contributed by atoms with Gasteiger partial charge in [-0.15, -0.1) is 0 Å². The number of ether oxygens (including phenoxy) is 1. The molecule has 8 heteroatoms. The molecular formula is C12H10F2N4O2. The van der Waals surface area contributed by atoms with Gasteiger partial charge in [0.1, 0.15) is 5.75 Å². The molecule has 0 aliphatic carbocycles. The third kappa shape index (κ3) is 3.87. The van der Waals surface area contributed by atoms with Crippen LogP contribution in [0.15, 0.2) is 42.9 Å². The number of urea groups is 1. The van der Waals surface area contributed by atoms with E-state index in [0.717, 1.165) is 0 Å². The van der Waals surface area contributed by atoms with Crippen molar-refractivity contribution < 1.29 is 18.3 Å². The molecule has 2 amide bonds. The van der Waals surface area contributed by atoms with Crippen molar-refractivity contribution in [3.8, 4) is 5.75 Å². The van der Waals surface area contributed by atoms with Crippen molar-refractivity contribution in [3.05, 3.63) is 42.9 Å². The number of para-hydroxylation sites is 2. The third-order valence-corrected chi connectivity index (χ3v) is 2.16. The Morgan fingerprint density at radius 1 is 1.20 bits per heavy atom. The Kier molecular flexibility index (Phi) is 4.38. The summed E-state index contributed by atoms with van der Waals surface area (Å²) in [6.07, 6.45) is 4.21. The molecule has 0 bridgehead atoms. The van der Waals surface area contributed by atoms with Gasteiger partial charge in [0.25, 0.3) is 0 Å². The minimum atomic E-state index is -2.97. The molecule has 0 atom stereocenters. The van der Waals surface area contributed by atoms with Gasteiger partial charge in [0, 0.05) is 12.4 Å². The SMILES string of the molecule is O=C(Nc1cnccn1)Nc1ccccc1OC(F)F. The number of hydrogen-bond donors (Lipinski definition) is 2. The van der Waals surface area contributed by atoms with Crippen LogP contribution in [0.25, 0.3) is 0 Å². The number of hydrogen-bond acceptors (Lipinski definition) is 4. The summed E-state index contributed by atoms with van der Waals surface area (Å²) >= 11 is 0. The molecular weight excluding hydrogens is 270 g/mol. The summed E-state index contributed by atoms with van der Waals surface area (Å²) < 4.78 is 28.7. The number of carbonyl (C=O) groups is 1. The number of rotatable bonds is 4. The predicted molar refractivity (Wildman–Crippen MR) is 67.7 cm³/mol. The first kappa shape index (κ1) is 13.7. The second-order valence-electron chi connectivity index (χ2n) is 3.54. The number of anilines is 2. The summed E-state index contributed by atoms with van der Waals surface area (Å²) in [5, 5.41) is 4.79. The van der Waals surface area contributed by atoms with Gasteiger partial charge in [-0.25, -0.2) is 9.78 Å². The van der Waals surface area contributed by atoms with E-state index >= 15 is 0 Å². The Bertz CT molecular complexity index is 581. The van der Waals surface area contributed by atoms with Gasteiger partial charge in [-0.05, 0) is 12.1 Å². The molecule has 1 heterocycles. The molecule has 1 aromatic heterocycles. The van der Waals surface area contributed by atoms with Crippen LogP contribution in [0, 0.1) is 0 Å². The minimum Gasteiger partial charge on any atom is -0.433 e. The first-order chi connectivity index (χ1) is 9.65. The normalized spacial score (nSPS) is 10.2. The van der Waals surface area contributed by atoms with Crippen molar-refractivity contribution >= 4 is 17.5 Å². The van der Waals surface area contributed by atoms with Gasteiger partial charge in [-0.1, -0.05) is 12.1 Å². The highest BCUT2D eigenvalue weighted by Crippen LogP contribution is 2.25. The molecule has 2 rings (SSSR count). The monoisotopic (exact) mass is 280 g/mol. The molecule has 0 aliphatic rings. The fourth-order valence-corrected chi connectivity index (χ4v) is 1.40. The summed E-state index contributed by atoms with van der Waals surface area (Å²) in [6.45, 7) is -2.97. The zero-order valence-corrected chi connectivity index (χ0v) is 10.1. The lowest BCUT2D eigenvalue weighted by molar-refractivity contribution is -0.0493. The second-order valence-corrected chi connectivity index (χ2v) is 3.54. The third-order valence-electron chi connectivity index (χ3n) is 2.16. The topological polar surface area (TPSA) is 76.1 Å². The lowest BCUT2D eigenvalue weighted by Gasteiger charge is -2.11. The number of amides is 2. The Balaban J connectivity index is 2.04. The highest BCUT2D eigenvalue weighted by atomic mass is 19.3. The van der Waals surface area contributed by atoms with Gasteiger partial charge in [0.05, 0.1) is 11.9 Å².